The van der Waals surface area contributed by atoms with Gasteiger partial charge in [0.05, 0.1) is 40.0 Å². The standard InChI is InChI=1S/C26H19N5O2S/c1-14(32)23-5-6-24(34-23)26-19-11-22(29-20(19)7-8-28-26)25-18-10-15(3-4-21(18)30-31-25)16-9-17(33-2)13-27-12-16/h3-13,29H,1-2H3,(H,30,31). The Morgan fingerprint density at radius 1 is 0.941 bits per heavy atom. The van der Waals surface area contributed by atoms with Gasteiger partial charge in [-0.15, -0.1) is 11.3 Å². The van der Waals surface area contributed by atoms with E-state index in [1.165, 1.54) is 11.3 Å². The number of pyridine rings is 2. The van der Waals surface area contributed by atoms with Crippen LogP contribution in [0.2, 0.25) is 0 Å². The van der Waals surface area contributed by atoms with E-state index in [2.05, 4.69) is 37.3 Å². The molecule has 34 heavy (non-hydrogen) atoms. The van der Waals surface area contributed by atoms with Gasteiger partial charge in [0, 0.05) is 34.2 Å². The topological polar surface area (TPSA) is 96.6 Å². The highest BCUT2D eigenvalue weighted by molar-refractivity contribution is 7.17. The molecule has 0 fully saturated rings. The number of aromatic nitrogens is 5. The van der Waals surface area contributed by atoms with E-state index in [0.29, 0.717) is 5.75 Å². The van der Waals surface area contributed by atoms with Crippen LogP contribution in [0.15, 0.2) is 67.1 Å². The van der Waals surface area contributed by atoms with Crippen LogP contribution in [-0.4, -0.2) is 38.0 Å². The van der Waals surface area contributed by atoms with Crippen LogP contribution < -0.4 is 4.74 Å². The van der Waals surface area contributed by atoms with E-state index in [1.54, 1.807) is 26.4 Å². The number of nitrogens with one attached hydrogen (secondary N) is 2. The van der Waals surface area contributed by atoms with E-state index in [1.807, 2.05) is 42.6 Å². The molecule has 5 heterocycles. The predicted octanol–water partition coefficient (Wildman–Crippen LogP) is 6.11. The average Bonchev–Trinajstić information content (AvgIpc) is 3.61. The predicted molar refractivity (Wildman–Crippen MR) is 134 cm³/mol. The van der Waals surface area contributed by atoms with Crippen LogP contribution in [0.1, 0.15) is 16.6 Å². The normalized spacial score (nSPS) is 11.4. The molecule has 0 aliphatic heterocycles. The highest BCUT2D eigenvalue weighted by Gasteiger charge is 2.16. The maximum absolute atomic E-state index is 11.8. The van der Waals surface area contributed by atoms with Crippen LogP contribution in [0.4, 0.5) is 0 Å². The number of methoxy groups -OCH3 is 1. The third-order valence-corrected chi connectivity index (χ3v) is 7.03. The molecule has 5 aromatic heterocycles. The molecule has 0 spiro atoms. The number of carbonyl (C=O) groups is 1. The van der Waals surface area contributed by atoms with Gasteiger partial charge in [-0.1, -0.05) is 6.07 Å². The monoisotopic (exact) mass is 465 g/mol. The maximum Gasteiger partial charge on any atom is 0.169 e. The number of benzene rings is 1. The fourth-order valence-corrected chi connectivity index (χ4v) is 5.03. The Kier molecular flexibility index (Phi) is 4.74. The van der Waals surface area contributed by atoms with Gasteiger partial charge >= 0.3 is 0 Å². The summed E-state index contributed by atoms with van der Waals surface area (Å²) in [5, 5.41) is 9.71. The van der Waals surface area contributed by atoms with Gasteiger partial charge in [-0.05, 0) is 55.0 Å². The molecule has 8 heteroatoms. The number of ketones is 1. The molecule has 0 aliphatic rings. The maximum atomic E-state index is 11.8. The lowest BCUT2D eigenvalue weighted by atomic mass is 10.0. The van der Waals surface area contributed by atoms with Gasteiger partial charge in [0.25, 0.3) is 0 Å². The minimum Gasteiger partial charge on any atom is -0.495 e. The highest BCUT2D eigenvalue weighted by atomic mass is 32.1. The van der Waals surface area contributed by atoms with Crippen LogP contribution in [-0.2, 0) is 0 Å². The molecule has 0 radical (unpaired) electrons. The number of rotatable bonds is 5. The molecule has 0 saturated carbocycles. The number of H-pyrrole nitrogens is 2. The first kappa shape index (κ1) is 20.3. The first-order valence-electron chi connectivity index (χ1n) is 10.7. The van der Waals surface area contributed by atoms with E-state index in [9.17, 15) is 4.79 Å². The van der Waals surface area contributed by atoms with E-state index >= 15 is 0 Å². The van der Waals surface area contributed by atoms with Crippen LogP contribution >= 0.6 is 11.3 Å². The molecule has 2 N–H and O–H groups in total. The lowest BCUT2D eigenvalue weighted by molar-refractivity contribution is 0.102. The number of fused-ring (bicyclic) bond motifs is 2. The van der Waals surface area contributed by atoms with Crippen molar-refractivity contribution in [1.82, 2.24) is 25.1 Å². The number of aromatic amines is 2. The Hall–Kier alpha value is -4.30. The summed E-state index contributed by atoms with van der Waals surface area (Å²) in [6, 6.07) is 16.0. The van der Waals surface area contributed by atoms with Crippen molar-refractivity contribution in [3.63, 3.8) is 0 Å². The molecule has 0 atom stereocenters. The van der Waals surface area contributed by atoms with Gasteiger partial charge in [-0.25, -0.2) is 0 Å². The second-order valence-corrected chi connectivity index (χ2v) is 9.05. The molecule has 0 saturated heterocycles. The fourth-order valence-electron chi connectivity index (χ4n) is 4.12. The minimum absolute atomic E-state index is 0.0585. The smallest absolute Gasteiger partial charge is 0.169 e. The number of carbonyl (C=O) groups excluding carboxylic acids is 1. The summed E-state index contributed by atoms with van der Waals surface area (Å²) in [4.78, 5) is 25.8. The van der Waals surface area contributed by atoms with Crippen LogP contribution in [0.25, 0.3) is 54.9 Å². The zero-order valence-corrected chi connectivity index (χ0v) is 19.2. The summed E-state index contributed by atoms with van der Waals surface area (Å²) in [5.74, 6) is 0.769. The Morgan fingerprint density at radius 3 is 2.65 bits per heavy atom. The highest BCUT2D eigenvalue weighted by Crippen LogP contribution is 2.36. The van der Waals surface area contributed by atoms with Crippen molar-refractivity contribution in [2.24, 2.45) is 0 Å². The molecule has 0 amide bonds. The summed E-state index contributed by atoms with van der Waals surface area (Å²) < 4.78 is 5.33. The second-order valence-electron chi connectivity index (χ2n) is 7.97. The summed E-state index contributed by atoms with van der Waals surface area (Å²) >= 11 is 1.46. The fraction of sp³-hybridized carbons (Fsp3) is 0.0769. The Morgan fingerprint density at radius 2 is 1.82 bits per heavy atom. The van der Waals surface area contributed by atoms with Crippen molar-refractivity contribution in [1.29, 1.82) is 0 Å². The van der Waals surface area contributed by atoms with E-state index in [0.717, 1.165) is 59.8 Å². The van der Waals surface area contributed by atoms with Crippen LogP contribution in [0.5, 0.6) is 5.75 Å². The quantitative estimate of drug-likeness (QED) is 0.300. The molecule has 1 aromatic carbocycles. The zero-order chi connectivity index (χ0) is 23.2. The van der Waals surface area contributed by atoms with Gasteiger partial charge < -0.3 is 9.72 Å². The van der Waals surface area contributed by atoms with E-state index in [4.69, 9.17) is 4.74 Å². The number of Topliss-reactive ketones (excluding diaryl/α,β-unsaturated/α-hetero) is 1. The van der Waals surface area contributed by atoms with Crippen LogP contribution in [0, 0.1) is 0 Å². The Balaban J connectivity index is 1.47. The number of hydrogen-bond acceptors (Lipinski definition) is 6. The first-order valence-corrected chi connectivity index (χ1v) is 11.5. The molecule has 0 bridgehead atoms. The Labute approximate surface area is 198 Å². The van der Waals surface area contributed by atoms with Crippen LogP contribution in [0.3, 0.4) is 0 Å². The molecule has 6 rings (SSSR count). The van der Waals surface area contributed by atoms with Crippen molar-refractivity contribution >= 4 is 38.9 Å². The lowest BCUT2D eigenvalue weighted by Gasteiger charge is -2.04. The number of nitrogens with zero attached hydrogens (tertiary/aromatic N) is 3. The second kappa shape index (κ2) is 7.93. The zero-order valence-electron chi connectivity index (χ0n) is 18.4. The molecular formula is C26H19N5O2S. The molecule has 0 unspecified atom stereocenters. The molecule has 7 nitrogen and oxygen atoms in total. The summed E-state index contributed by atoms with van der Waals surface area (Å²) in [5.41, 5.74) is 6.45. The number of ether oxygens (including phenoxy) is 1. The van der Waals surface area contributed by atoms with Crippen molar-refractivity contribution in [3.05, 3.63) is 72.0 Å². The third-order valence-electron chi connectivity index (χ3n) is 5.83. The first-order chi connectivity index (χ1) is 16.6. The van der Waals surface area contributed by atoms with Gasteiger partial charge in [0.1, 0.15) is 11.4 Å². The minimum atomic E-state index is 0.0585. The number of thiophene rings is 1. The van der Waals surface area contributed by atoms with E-state index < -0.39 is 0 Å². The van der Waals surface area contributed by atoms with Crippen molar-refractivity contribution in [2.45, 2.75) is 6.92 Å². The van der Waals surface area contributed by atoms with E-state index in [-0.39, 0.29) is 5.78 Å². The molecule has 166 valence electrons. The molecule has 6 aromatic rings. The summed E-state index contributed by atoms with van der Waals surface area (Å²) in [6.07, 6.45) is 5.29. The average molecular weight is 466 g/mol. The van der Waals surface area contributed by atoms with Crippen molar-refractivity contribution in [2.75, 3.05) is 7.11 Å². The van der Waals surface area contributed by atoms with Gasteiger partial charge in [-0.2, -0.15) is 5.10 Å². The Bertz CT molecular complexity index is 1690. The third kappa shape index (κ3) is 3.36. The lowest BCUT2D eigenvalue weighted by Crippen LogP contribution is -1.86. The SMILES string of the molecule is COc1cncc(-c2ccc3[nH]nc(-c4cc5c(-c6ccc(C(C)=O)s6)nccc5[nH]4)c3c2)c1. The van der Waals surface area contributed by atoms with Crippen molar-refractivity contribution in [3.8, 4) is 38.8 Å². The summed E-state index contributed by atoms with van der Waals surface area (Å²) in [6.45, 7) is 1.58. The van der Waals surface area contributed by atoms with Gasteiger partial charge in [0.2, 0.25) is 0 Å². The molecule has 0 aliphatic carbocycles. The van der Waals surface area contributed by atoms with Gasteiger partial charge in [0.15, 0.2) is 5.78 Å². The summed E-state index contributed by atoms with van der Waals surface area (Å²) in [7, 11) is 1.63. The largest absolute Gasteiger partial charge is 0.495 e. The van der Waals surface area contributed by atoms with Gasteiger partial charge in [-0.3, -0.25) is 19.9 Å². The number of hydrogen-bond donors (Lipinski definition) is 2. The molecular weight excluding hydrogens is 446 g/mol. The van der Waals surface area contributed by atoms with Crippen molar-refractivity contribution < 1.29 is 9.53 Å².